The van der Waals surface area contributed by atoms with Crippen LogP contribution in [0.1, 0.15) is 26.3 Å². The van der Waals surface area contributed by atoms with Gasteiger partial charge in [0.15, 0.2) is 0 Å². The van der Waals surface area contributed by atoms with Gasteiger partial charge in [0.2, 0.25) is 10.0 Å². The van der Waals surface area contributed by atoms with Crippen molar-refractivity contribution in [1.29, 1.82) is 0 Å². The van der Waals surface area contributed by atoms with Crippen LogP contribution >= 0.6 is 0 Å². The van der Waals surface area contributed by atoms with Crippen LogP contribution in [-0.2, 0) is 15.6 Å². The molecule has 0 aromatic heterocycles. The number of hydrogen-bond donors (Lipinski definition) is 2. The predicted octanol–water partition coefficient (Wildman–Crippen LogP) is 1.59. The predicted molar refractivity (Wildman–Crippen MR) is 74.9 cm³/mol. The normalized spacial score (nSPS) is 12.6. The van der Waals surface area contributed by atoms with Gasteiger partial charge in [-0.05, 0) is 38.5 Å². The minimum atomic E-state index is -3.16. The molecule has 0 heterocycles. The Labute approximate surface area is 114 Å². The van der Waals surface area contributed by atoms with Gasteiger partial charge in [0, 0.05) is 18.6 Å². The van der Waals surface area contributed by atoms with Gasteiger partial charge in [-0.15, -0.1) is 0 Å². The molecule has 2 N–H and O–H groups in total. The lowest BCUT2D eigenvalue weighted by molar-refractivity contribution is 0.404. The van der Waals surface area contributed by atoms with Crippen LogP contribution in [0.3, 0.4) is 0 Å². The summed E-state index contributed by atoms with van der Waals surface area (Å²) < 4.78 is 38.1. The second-order valence-electron chi connectivity index (χ2n) is 4.86. The molecule has 0 unspecified atom stereocenters. The summed E-state index contributed by atoms with van der Waals surface area (Å²) in [7, 11) is -3.16. The lowest BCUT2D eigenvalue weighted by Gasteiger charge is -2.27. The van der Waals surface area contributed by atoms with Crippen molar-refractivity contribution >= 4 is 10.0 Å². The van der Waals surface area contributed by atoms with Crippen LogP contribution in [0, 0.1) is 5.82 Å². The lowest BCUT2D eigenvalue weighted by Crippen LogP contribution is -2.41. The Hall–Kier alpha value is -0.980. The minimum Gasteiger partial charge on any atom is -0.307 e. The first kappa shape index (κ1) is 16.1. The van der Waals surface area contributed by atoms with Crippen LogP contribution in [0.5, 0.6) is 0 Å². The van der Waals surface area contributed by atoms with Crippen LogP contribution < -0.4 is 10.0 Å². The van der Waals surface area contributed by atoms with Crippen molar-refractivity contribution in [3.05, 3.63) is 35.6 Å². The maximum atomic E-state index is 13.2. The van der Waals surface area contributed by atoms with Crippen molar-refractivity contribution < 1.29 is 12.8 Å². The summed E-state index contributed by atoms with van der Waals surface area (Å²) in [6.07, 6.45) is 0. The molecule has 108 valence electrons. The Morgan fingerprint density at radius 1 is 1.26 bits per heavy atom. The van der Waals surface area contributed by atoms with Gasteiger partial charge in [-0.2, -0.15) is 0 Å². The first-order valence-electron chi connectivity index (χ1n) is 6.25. The van der Waals surface area contributed by atoms with Crippen molar-refractivity contribution in [2.24, 2.45) is 0 Å². The number of benzene rings is 1. The molecule has 0 radical (unpaired) electrons. The van der Waals surface area contributed by atoms with Gasteiger partial charge < -0.3 is 5.32 Å². The molecule has 0 aliphatic rings. The molecule has 0 aliphatic carbocycles. The van der Waals surface area contributed by atoms with E-state index in [1.54, 1.807) is 13.0 Å². The van der Waals surface area contributed by atoms with E-state index in [1.807, 2.05) is 19.9 Å². The summed E-state index contributed by atoms with van der Waals surface area (Å²) in [4.78, 5) is 0. The fourth-order valence-corrected chi connectivity index (χ4v) is 2.28. The van der Waals surface area contributed by atoms with Gasteiger partial charge in [-0.1, -0.05) is 12.1 Å². The van der Waals surface area contributed by atoms with E-state index in [0.29, 0.717) is 13.1 Å². The molecular weight excluding hydrogens is 267 g/mol. The molecule has 0 spiro atoms. The Balaban J connectivity index is 2.52. The highest BCUT2D eigenvalue weighted by Crippen LogP contribution is 2.20. The lowest BCUT2D eigenvalue weighted by atomic mass is 9.94. The van der Waals surface area contributed by atoms with E-state index in [1.165, 1.54) is 12.1 Å². The largest absolute Gasteiger partial charge is 0.307 e. The topological polar surface area (TPSA) is 58.2 Å². The molecule has 4 nitrogen and oxygen atoms in total. The molecule has 0 bridgehead atoms. The molecule has 19 heavy (non-hydrogen) atoms. The SMILES string of the molecule is CCS(=O)(=O)NCCNC(C)(C)c1cccc(F)c1. The van der Waals surface area contributed by atoms with Crippen molar-refractivity contribution in [3.63, 3.8) is 0 Å². The third-order valence-corrected chi connectivity index (χ3v) is 4.34. The molecular formula is C13H21FN2O2S. The van der Waals surface area contributed by atoms with Gasteiger partial charge in [0.1, 0.15) is 5.82 Å². The van der Waals surface area contributed by atoms with Gasteiger partial charge in [0.25, 0.3) is 0 Å². The number of halogens is 1. The summed E-state index contributed by atoms with van der Waals surface area (Å²) in [6, 6.07) is 6.37. The minimum absolute atomic E-state index is 0.0697. The number of nitrogens with one attached hydrogen (secondary N) is 2. The van der Waals surface area contributed by atoms with E-state index in [4.69, 9.17) is 0 Å². The molecule has 1 rings (SSSR count). The van der Waals surface area contributed by atoms with Crippen LogP contribution in [-0.4, -0.2) is 27.3 Å². The van der Waals surface area contributed by atoms with E-state index in [2.05, 4.69) is 10.0 Å². The third-order valence-electron chi connectivity index (χ3n) is 2.94. The molecule has 0 saturated carbocycles. The molecule has 1 aromatic rings. The molecule has 0 aliphatic heterocycles. The molecule has 0 fully saturated rings. The maximum Gasteiger partial charge on any atom is 0.211 e. The zero-order valence-corrected chi connectivity index (χ0v) is 12.3. The highest BCUT2D eigenvalue weighted by atomic mass is 32.2. The first-order valence-corrected chi connectivity index (χ1v) is 7.90. The van der Waals surface area contributed by atoms with Gasteiger partial charge >= 0.3 is 0 Å². The zero-order chi connectivity index (χ0) is 14.5. The van der Waals surface area contributed by atoms with Crippen molar-refractivity contribution in [1.82, 2.24) is 10.0 Å². The van der Waals surface area contributed by atoms with Crippen LogP contribution in [0.15, 0.2) is 24.3 Å². The summed E-state index contributed by atoms with van der Waals surface area (Å²) in [6.45, 7) is 6.23. The van der Waals surface area contributed by atoms with E-state index in [0.717, 1.165) is 5.56 Å². The van der Waals surface area contributed by atoms with E-state index in [-0.39, 0.29) is 11.6 Å². The Morgan fingerprint density at radius 2 is 1.95 bits per heavy atom. The molecule has 1 aromatic carbocycles. The van der Waals surface area contributed by atoms with Crippen LogP contribution in [0.2, 0.25) is 0 Å². The van der Waals surface area contributed by atoms with E-state index >= 15 is 0 Å². The third kappa shape index (κ3) is 5.26. The fourth-order valence-electron chi connectivity index (χ4n) is 1.66. The molecule has 0 atom stereocenters. The van der Waals surface area contributed by atoms with E-state index < -0.39 is 15.6 Å². The average Bonchev–Trinajstić information content (AvgIpc) is 2.35. The smallest absolute Gasteiger partial charge is 0.211 e. The summed E-state index contributed by atoms with van der Waals surface area (Å²) in [5.41, 5.74) is 0.408. The Morgan fingerprint density at radius 3 is 2.53 bits per heavy atom. The second kappa shape index (κ2) is 6.45. The highest BCUT2D eigenvalue weighted by molar-refractivity contribution is 7.89. The number of rotatable bonds is 7. The first-order chi connectivity index (χ1) is 8.77. The fraction of sp³-hybridized carbons (Fsp3) is 0.538. The summed E-state index contributed by atoms with van der Waals surface area (Å²) in [5.74, 6) is -0.209. The number of sulfonamides is 1. The quantitative estimate of drug-likeness (QED) is 0.749. The van der Waals surface area contributed by atoms with Gasteiger partial charge in [-0.25, -0.2) is 17.5 Å². The summed E-state index contributed by atoms with van der Waals surface area (Å²) >= 11 is 0. The van der Waals surface area contributed by atoms with Crippen LogP contribution in [0.25, 0.3) is 0 Å². The highest BCUT2D eigenvalue weighted by Gasteiger charge is 2.19. The molecule has 0 saturated heterocycles. The second-order valence-corrected chi connectivity index (χ2v) is 6.96. The van der Waals surface area contributed by atoms with Gasteiger partial charge in [-0.3, -0.25) is 0 Å². The zero-order valence-electron chi connectivity index (χ0n) is 11.5. The average molecular weight is 288 g/mol. The van der Waals surface area contributed by atoms with Crippen molar-refractivity contribution in [2.45, 2.75) is 26.3 Å². The van der Waals surface area contributed by atoms with E-state index in [9.17, 15) is 12.8 Å². The number of hydrogen-bond acceptors (Lipinski definition) is 3. The van der Waals surface area contributed by atoms with Gasteiger partial charge in [0.05, 0.1) is 5.75 Å². The Bertz CT molecular complexity index is 515. The maximum absolute atomic E-state index is 13.2. The Kier molecular flexibility index (Phi) is 5.46. The molecule has 0 amide bonds. The van der Waals surface area contributed by atoms with Crippen LogP contribution in [0.4, 0.5) is 4.39 Å². The summed E-state index contributed by atoms with van der Waals surface area (Å²) in [5, 5.41) is 3.21. The monoisotopic (exact) mass is 288 g/mol. The molecule has 6 heteroatoms. The van der Waals surface area contributed by atoms with Crippen molar-refractivity contribution in [3.8, 4) is 0 Å². The van der Waals surface area contributed by atoms with Crippen molar-refractivity contribution in [2.75, 3.05) is 18.8 Å². The standard InChI is InChI=1S/C13H21FN2O2S/c1-4-19(17,18)16-9-8-15-13(2,3)11-6-5-7-12(14)10-11/h5-7,10,15-16H,4,8-9H2,1-3H3.